The molecular weight excluding hydrogens is 431 g/mol. The molecule has 1 aliphatic heterocycles. The van der Waals surface area contributed by atoms with Gasteiger partial charge >= 0.3 is 0 Å². The number of Topliss-reactive ketones (excluding diaryl/α,β-unsaturated/α-hetero) is 1. The van der Waals surface area contributed by atoms with Crippen molar-refractivity contribution in [3.05, 3.63) is 63.4 Å². The van der Waals surface area contributed by atoms with E-state index in [4.69, 9.17) is 32.7 Å². The van der Waals surface area contributed by atoms with Crippen molar-refractivity contribution in [3.8, 4) is 5.75 Å². The Labute approximate surface area is 183 Å². The summed E-state index contributed by atoms with van der Waals surface area (Å²) in [6.07, 6.45) is 3.66. The number of benzene rings is 1. The lowest BCUT2D eigenvalue weighted by atomic mass is 9.96. The Morgan fingerprint density at radius 3 is 2.67 bits per heavy atom. The van der Waals surface area contributed by atoms with Gasteiger partial charge in [0.2, 0.25) is 0 Å². The fourth-order valence-electron chi connectivity index (χ4n) is 3.46. The van der Waals surface area contributed by atoms with E-state index in [-0.39, 0.29) is 33.5 Å². The third-order valence-corrected chi connectivity index (χ3v) is 5.25. The molecule has 2 aromatic rings. The average molecular weight is 451 g/mol. The Morgan fingerprint density at radius 1 is 1.27 bits per heavy atom. The number of amides is 1. The molecule has 2 heterocycles. The molecule has 1 aliphatic rings. The van der Waals surface area contributed by atoms with E-state index in [1.54, 1.807) is 31.6 Å². The Hall–Kier alpha value is -2.61. The molecular formula is C21H20Cl2N2O5. The number of rotatable bonds is 7. The van der Waals surface area contributed by atoms with E-state index in [1.165, 1.54) is 24.1 Å². The molecule has 0 saturated carbocycles. The minimum Gasteiger partial charge on any atom is -0.507 e. The first-order valence-corrected chi connectivity index (χ1v) is 9.87. The molecule has 7 nitrogen and oxygen atoms in total. The summed E-state index contributed by atoms with van der Waals surface area (Å²) >= 11 is 12.3. The fourth-order valence-corrected chi connectivity index (χ4v) is 4.03. The van der Waals surface area contributed by atoms with Crippen LogP contribution in [0.25, 0.3) is 5.76 Å². The molecule has 0 spiro atoms. The maximum atomic E-state index is 12.9. The van der Waals surface area contributed by atoms with Gasteiger partial charge in [-0.15, -0.1) is 0 Å². The van der Waals surface area contributed by atoms with Crippen molar-refractivity contribution in [3.63, 3.8) is 0 Å². The number of hydrogen-bond acceptors (Lipinski definition) is 6. The van der Waals surface area contributed by atoms with Crippen molar-refractivity contribution in [2.75, 3.05) is 27.4 Å². The lowest BCUT2D eigenvalue weighted by molar-refractivity contribution is -0.140. The van der Waals surface area contributed by atoms with E-state index >= 15 is 0 Å². The predicted octanol–water partition coefficient (Wildman–Crippen LogP) is 3.86. The number of aliphatic hydroxyl groups is 1. The largest absolute Gasteiger partial charge is 0.507 e. The Morgan fingerprint density at radius 2 is 2.03 bits per heavy atom. The number of ketones is 1. The zero-order chi connectivity index (χ0) is 21.8. The topological polar surface area (TPSA) is 89.0 Å². The van der Waals surface area contributed by atoms with Gasteiger partial charge in [-0.1, -0.05) is 29.3 Å². The third-order valence-electron chi connectivity index (χ3n) is 4.76. The van der Waals surface area contributed by atoms with Crippen LogP contribution in [0.1, 0.15) is 23.6 Å². The van der Waals surface area contributed by atoms with Crippen molar-refractivity contribution in [1.29, 1.82) is 0 Å². The Kier molecular flexibility index (Phi) is 6.97. The molecule has 1 aromatic heterocycles. The average Bonchev–Trinajstić information content (AvgIpc) is 2.98. The predicted molar refractivity (Wildman–Crippen MR) is 113 cm³/mol. The first kappa shape index (κ1) is 22.1. The highest BCUT2D eigenvalue weighted by atomic mass is 35.5. The van der Waals surface area contributed by atoms with E-state index in [9.17, 15) is 14.7 Å². The number of carbonyl (C=O) groups is 2. The normalized spacial score (nSPS) is 18.1. The molecule has 1 amide bonds. The standard InChI is InChI=1S/C21H20Cl2N2O5/c1-29-8-4-7-25-17(12-5-3-6-24-11-12)16(19(27)21(25)28)18(26)14-9-13(22)10-15(23)20(14)30-2/h3,5-6,9-11,17,26H,4,7-8H2,1-2H3/b18-16+. The number of methoxy groups -OCH3 is 2. The van der Waals surface area contributed by atoms with Gasteiger partial charge in [0.25, 0.3) is 11.7 Å². The lowest BCUT2D eigenvalue weighted by Crippen LogP contribution is -2.31. The third kappa shape index (κ3) is 4.14. The smallest absolute Gasteiger partial charge is 0.295 e. The molecule has 1 atom stereocenters. The van der Waals surface area contributed by atoms with Gasteiger partial charge in [-0.3, -0.25) is 14.6 Å². The van der Waals surface area contributed by atoms with Gasteiger partial charge in [0.1, 0.15) is 11.5 Å². The molecule has 1 aromatic carbocycles. The molecule has 1 unspecified atom stereocenters. The number of nitrogens with zero attached hydrogens (tertiary/aromatic N) is 2. The van der Waals surface area contributed by atoms with Gasteiger partial charge in [0.05, 0.1) is 29.3 Å². The number of aromatic nitrogens is 1. The summed E-state index contributed by atoms with van der Waals surface area (Å²) in [5.74, 6) is -1.79. The van der Waals surface area contributed by atoms with Crippen LogP contribution < -0.4 is 4.74 Å². The quantitative estimate of drug-likeness (QED) is 0.298. The van der Waals surface area contributed by atoms with E-state index in [0.717, 1.165) is 0 Å². The van der Waals surface area contributed by atoms with Crippen LogP contribution >= 0.6 is 23.2 Å². The zero-order valence-corrected chi connectivity index (χ0v) is 17.9. The molecule has 1 saturated heterocycles. The monoisotopic (exact) mass is 450 g/mol. The molecule has 0 bridgehead atoms. The number of halogens is 2. The second-order valence-electron chi connectivity index (χ2n) is 6.59. The molecule has 30 heavy (non-hydrogen) atoms. The van der Waals surface area contributed by atoms with Gasteiger partial charge in [-0.25, -0.2) is 0 Å². The van der Waals surface area contributed by atoms with Crippen molar-refractivity contribution >= 4 is 40.7 Å². The van der Waals surface area contributed by atoms with Crippen LogP contribution in [0.15, 0.2) is 42.2 Å². The SMILES string of the molecule is COCCCN1C(=O)C(=O)/C(=C(/O)c2cc(Cl)cc(Cl)c2OC)C1c1cccnc1. The summed E-state index contributed by atoms with van der Waals surface area (Å²) in [5, 5.41) is 11.5. The van der Waals surface area contributed by atoms with Crippen LogP contribution in [-0.4, -0.2) is 54.1 Å². The highest BCUT2D eigenvalue weighted by molar-refractivity contribution is 6.46. The fraction of sp³-hybridized carbons (Fsp3) is 0.286. The summed E-state index contributed by atoms with van der Waals surface area (Å²) < 4.78 is 10.4. The van der Waals surface area contributed by atoms with Crippen molar-refractivity contribution < 1.29 is 24.2 Å². The van der Waals surface area contributed by atoms with Gasteiger partial charge in [-0.2, -0.15) is 0 Å². The number of aliphatic hydroxyl groups excluding tert-OH is 1. The lowest BCUT2D eigenvalue weighted by Gasteiger charge is -2.25. The van der Waals surface area contributed by atoms with E-state index in [0.29, 0.717) is 18.6 Å². The molecule has 1 fully saturated rings. The zero-order valence-electron chi connectivity index (χ0n) is 16.4. The first-order valence-electron chi connectivity index (χ1n) is 9.11. The molecule has 3 rings (SSSR count). The van der Waals surface area contributed by atoms with Gasteiger partial charge in [0.15, 0.2) is 0 Å². The Bertz CT molecular complexity index is 994. The van der Waals surface area contributed by atoms with Crippen LogP contribution in [0.4, 0.5) is 0 Å². The number of pyridine rings is 1. The summed E-state index contributed by atoms with van der Waals surface area (Å²) in [5.41, 5.74) is 0.628. The van der Waals surface area contributed by atoms with E-state index < -0.39 is 23.5 Å². The minimum atomic E-state index is -0.821. The summed E-state index contributed by atoms with van der Waals surface area (Å²) in [6.45, 7) is 0.683. The second-order valence-corrected chi connectivity index (χ2v) is 7.44. The van der Waals surface area contributed by atoms with Crippen LogP contribution in [0, 0.1) is 0 Å². The summed E-state index contributed by atoms with van der Waals surface area (Å²) in [4.78, 5) is 31.3. The number of likely N-dealkylation sites (tertiary alicyclic amines) is 1. The van der Waals surface area contributed by atoms with Crippen LogP contribution in [0.2, 0.25) is 10.0 Å². The van der Waals surface area contributed by atoms with Gasteiger partial charge < -0.3 is 19.5 Å². The maximum absolute atomic E-state index is 12.9. The van der Waals surface area contributed by atoms with Crippen LogP contribution in [-0.2, 0) is 14.3 Å². The summed E-state index contributed by atoms with van der Waals surface area (Å²) in [7, 11) is 2.94. The number of ether oxygens (including phenoxy) is 2. The minimum absolute atomic E-state index is 0.0814. The van der Waals surface area contributed by atoms with Crippen molar-refractivity contribution in [2.24, 2.45) is 0 Å². The number of carbonyl (C=O) groups excluding carboxylic acids is 2. The van der Waals surface area contributed by atoms with Gasteiger partial charge in [0, 0.05) is 37.7 Å². The van der Waals surface area contributed by atoms with Crippen LogP contribution in [0.5, 0.6) is 5.75 Å². The van der Waals surface area contributed by atoms with Crippen LogP contribution in [0.3, 0.4) is 0 Å². The molecule has 9 heteroatoms. The molecule has 158 valence electrons. The van der Waals surface area contributed by atoms with Gasteiger partial charge in [-0.05, 0) is 30.2 Å². The molecule has 0 aliphatic carbocycles. The molecule has 0 radical (unpaired) electrons. The molecule has 1 N–H and O–H groups in total. The van der Waals surface area contributed by atoms with E-state index in [2.05, 4.69) is 4.98 Å². The van der Waals surface area contributed by atoms with Crippen molar-refractivity contribution in [2.45, 2.75) is 12.5 Å². The summed E-state index contributed by atoms with van der Waals surface area (Å²) in [6, 6.07) is 5.50. The van der Waals surface area contributed by atoms with Crippen molar-refractivity contribution in [1.82, 2.24) is 9.88 Å². The Balaban J connectivity index is 2.20. The highest BCUT2D eigenvalue weighted by Gasteiger charge is 2.46. The number of hydrogen-bond donors (Lipinski definition) is 1. The van der Waals surface area contributed by atoms with E-state index in [1.807, 2.05) is 0 Å². The first-order chi connectivity index (χ1) is 14.4. The maximum Gasteiger partial charge on any atom is 0.295 e. The second kappa shape index (κ2) is 9.47. The highest BCUT2D eigenvalue weighted by Crippen LogP contribution is 2.43.